The molecule has 1 aromatic rings. The van der Waals surface area contributed by atoms with Crippen molar-refractivity contribution in [1.82, 2.24) is 5.32 Å². The summed E-state index contributed by atoms with van der Waals surface area (Å²) in [5.74, 6) is 1.00. The van der Waals surface area contributed by atoms with Crippen LogP contribution in [-0.2, 0) is 11.2 Å². The molecule has 0 spiro atoms. The lowest BCUT2D eigenvalue weighted by Crippen LogP contribution is -2.45. The lowest BCUT2D eigenvalue weighted by Gasteiger charge is -2.17. The van der Waals surface area contributed by atoms with Crippen molar-refractivity contribution in [3.8, 4) is 5.75 Å². The van der Waals surface area contributed by atoms with E-state index in [2.05, 4.69) is 5.32 Å². The van der Waals surface area contributed by atoms with Crippen molar-refractivity contribution in [2.75, 3.05) is 13.2 Å². The highest BCUT2D eigenvalue weighted by molar-refractivity contribution is 5.81. The lowest BCUT2D eigenvalue weighted by molar-refractivity contribution is -0.123. The van der Waals surface area contributed by atoms with Gasteiger partial charge in [-0.05, 0) is 37.0 Å². The van der Waals surface area contributed by atoms with Gasteiger partial charge < -0.3 is 15.8 Å². The first-order valence-corrected chi connectivity index (χ1v) is 7.33. The first kappa shape index (κ1) is 16.5. The van der Waals surface area contributed by atoms with Gasteiger partial charge in [-0.2, -0.15) is 0 Å². The number of carbonyl (C=O) groups excluding carboxylic acids is 1. The molecule has 1 aromatic carbocycles. The van der Waals surface area contributed by atoms with Gasteiger partial charge in [-0.3, -0.25) is 4.79 Å². The molecule has 0 aliphatic rings. The van der Waals surface area contributed by atoms with Crippen molar-refractivity contribution in [2.45, 2.75) is 39.7 Å². The largest absolute Gasteiger partial charge is 0.494 e. The molecule has 20 heavy (non-hydrogen) atoms. The van der Waals surface area contributed by atoms with Crippen LogP contribution in [-0.4, -0.2) is 25.1 Å². The second-order valence-corrected chi connectivity index (χ2v) is 5.03. The number of hydrogen-bond acceptors (Lipinski definition) is 3. The molecule has 0 saturated carbocycles. The second-order valence-electron chi connectivity index (χ2n) is 5.03. The van der Waals surface area contributed by atoms with Gasteiger partial charge in [0.15, 0.2) is 0 Å². The van der Waals surface area contributed by atoms with E-state index in [9.17, 15) is 4.79 Å². The van der Waals surface area contributed by atoms with Gasteiger partial charge in [0.1, 0.15) is 5.75 Å². The van der Waals surface area contributed by atoms with Crippen molar-refractivity contribution in [3.63, 3.8) is 0 Å². The van der Waals surface area contributed by atoms with Gasteiger partial charge in [-0.1, -0.05) is 32.4 Å². The average molecular weight is 278 g/mol. The fourth-order valence-corrected chi connectivity index (χ4v) is 1.92. The third kappa shape index (κ3) is 5.21. The molecule has 0 aliphatic carbocycles. The molecule has 0 saturated heterocycles. The Morgan fingerprint density at radius 1 is 1.40 bits per heavy atom. The van der Waals surface area contributed by atoms with Crippen LogP contribution in [0.1, 0.15) is 32.8 Å². The Bertz CT molecular complexity index is 421. The van der Waals surface area contributed by atoms with Crippen LogP contribution in [0.25, 0.3) is 0 Å². The second kappa shape index (κ2) is 8.59. The molecule has 2 atom stereocenters. The fraction of sp³-hybridized carbons (Fsp3) is 0.562. The van der Waals surface area contributed by atoms with E-state index in [1.165, 1.54) is 0 Å². The quantitative estimate of drug-likeness (QED) is 0.765. The summed E-state index contributed by atoms with van der Waals surface area (Å²) in [5, 5.41) is 2.89. The number of hydrogen-bond donors (Lipinski definition) is 2. The van der Waals surface area contributed by atoms with Crippen molar-refractivity contribution in [3.05, 3.63) is 29.8 Å². The maximum absolute atomic E-state index is 11.8. The number of rotatable bonds is 8. The molecule has 0 heterocycles. The highest BCUT2D eigenvalue weighted by Gasteiger charge is 2.18. The van der Waals surface area contributed by atoms with Crippen molar-refractivity contribution in [1.29, 1.82) is 0 Å². The first-order valence-electron chi connectivity index (χ1n) is 7.33. The van der Waals surface area contributed by atoms with Crippen LogP contribution in [0.5, 0.6) is 5.75 Å². The molecular weight excluding hydrogens is 252 g/mol. The number of nitrogens with two attached hydrogens (primary N) is 1. The molecule has 3 N–H and O–H groups in total. The van der Waals surface area contributed by atoms with Gasteiger partial charge in [-0.25, -0.2) is 0 Å². The molecule has 4 nitrogen and oxygen atoms in total. The predicted molar refractivity (Wildman–Crippen MR) is 81.8 cm³/mol. The van der Waals surface area contributed by atoms with Gasteiger partial charge >= 0.3 is 0 Å². The van der Waals surface area contributed by atoms with E-state index in [-0.39, 0.29) is 11.8 Å². The highest BCUT2D eigenvalue weighted by atomic mass is 16.5. The molecule has 0 aromatic heterocycles. The van der Waals surface area contributed by atoms with E-state index in [4.69, 9.17) is 10.5 Å². The Morgan fingerprint density at radius 2 is 2.15 bits per heavy atom. The predicted octanol–water partition coefficient (Wildman–Crippen LogP) is 2.12. The Hall–Kier alpha value is -1.55. The minimum absolute atomic E-state index is 0.0692. The summed E-state index contributed by atoms with van der Waals surface area (Å²) in [6, 6.07) is 7.51. The Labute approximate surface area is 121 Å². The summed E-state index contributed by atoms with van der Waals surface area (Å²) >= 11 is 0. The van der Waals surface area contributed by atoms with E-state index in [0.29, 0.717) is 13.2 Å². The van der Waals surface area contributed by atoms with Crippen LogP contribution in [0.2, 0.25) is 0 Å². The monoisotopic (exact) mass is 278 g/mol. The minimum Gasteiger partial charge on any atom is -0.494 e. The molecule has 0 bridgehead atoms. The van der Waals surface area contributed by atoms with Crippen LogP contribution in [0.15, 0.2) is 24.3 Å². The molecule has 112 valence electrons. The van der Waals surface area contributed by atoms with E-state index in [0.717, 1.165) is 24.2 Å². The number of nitrogens with one attached hydrogen (secondary N) is 1. The molecule has 1 rings (SSSR count). The Morgan fingerprint density at radius 3 is 2.80 bits per heavy atom. The van der Waals surface area contributed by atoms with E-state index in [1.807, 2.05) is 45.0 Å². The normalized spacial score (nSPS) is 13.6. The van der Waals surface area contributed by atoms with E-state index in [1.54, 1.807) is 0 Å². The summed E-state index contributed by atoms with van der Waals surface area (Å²) in [4.78, 5) is 11.8. The molecule has 1 amide bonds. The summed E-state index contributed by atoms with van der Waals surface area (Å²) in [6.45, 7) is 7.25. The van der Waals surface area contributed by atoms with Gasteiger partial charge in [0.05, 0.1) is 12.6 Å². The molecule has 0 fully saturated rings. The topological polar surface area (TPSA) is 64.3 Å². The summed E-state index contributed by atoms with van der Waals surface area (Å²) in [6.07, 6.45) is 1.69. The molecule has 0 aliphatic heterocycles. The molecule has 2 unspecified atom stereocenters. The van der Waals surface area contributed by atoms with Gasteiger partial charge in [0.2, 0.25) is 5.91 Å². The number of carbonyl (C=O) groups is 1. The van der Waals surface area contributed by atoms with Gasteiger partial charge in [0.25, 0.3) is 0 Å². The van der Waals surface area contributed by atoms with E-state index >= 15 is 0 Å². The smallest absolute Gasteiger partial charge is 0.237 e. The molecule has 4 heteroatoms. The average Bonchev–Trinajstić information content (AvgIpc) is 2.46. The summed E-state index contributed by atoms with van der Waals surface area (Å²) in [7, 11) is 0. The lowest BCUT2D eigenvalue weighted by atomic mass is 9.99. The maximum atomic E-state index is 11.8. The molecule has 0 radical (unpaired) electrons. The van der Waals surface area contributed by atoms with Crippen molar-refractivity contribution >= 4 is 5.91 Å². The Balaban J connectivity index is 2.40. The van der Waals surface area contributed by atoms with Crippen LogP contribution < -0.4 is 15.8 Å². The van der Waals surface area contributed by atoms with Gasteiger partial charge in [0, 0.05) is 6.54 Å². The number of amides is 1. The minimum atomic E-state index is -0.422. The molecular formula is C16H26N2O2. The van der Waals surface area contributed by atoms with Crippen LogP contribution in [0, 0.1) is 5.92 Å². The maximum Gasteiger partial charge on any atom is 0.237 e. The van der Waals surface area contributed by atoms with Crippen molar-refractivity contribution in [2.24, 2.45) is 11.7 Å². The summed E-state index contributed by atoms with van der Waals surface area (Å²) < 4.78 is 5.45. The van der Waals surface area contributed by atoms with Crippen LogP contribution >= 0.6 is 0 Å². The van der Waals surface area contributed by atoms with Crippen LogP contribution in [0.3, 0.4) is 0 Å². The summed E-state index contributed by atoms with van der Waals surface area (Å²) in [5.41, 5.74) is 7.03. The fourth-order valence-electron chi connectivity index (χ4n) is 1.92. The highest BCUT2D eigenvalue weighted by Crippen LogP contribution is 2.13. The zero-order valence-electron chi connectivity index (χ0n) is 12.7. The van der Waals surface area contributed by atoms with Crippen LogP contribution in [0.4, 0.5) is 0 Å². The standard InChI is InChI=1S/C16H26N2O2/c1-4-12(3)15(17)16(19)18-10-9-13-7-6-8-14(11-13)20-5-2/h6-8,11-12,15H,4-5,9-10,17H2,1-3H3,(H,18,19). The van der Waals surface area contributed by atoms with E-state index < -0.39 is 6.04 Å². The number of benzene rings is 1. The third-order valence-electron chi connectivity index (χ3n) is 3.48. The Kier molecular flexibility index (Phi) is 7.09. The van der Waals surface area contributed by atoms with Gasteiger partial charge in [-0.15, -0.1) is 0 Å². The zero-order chi connectivity index (χ0) is 15.0. The SMILES string of the molecule is CCOc1cccc(CCNC(=O)C(N)C(C)CC)c1. The first-order chi connectivity index (χ1) is 9.58. The third-order valence-corrected chi connectivity index (χ3v) is 3.48. The number of ether oxygens (including phenoxy) is 1. The zero-order valence-corrected chi connectivity index (χ0v) is 12.7. The van der Waals surface area contributed by atoms with Crippen molar-refractivity contribution < 1.29 is 9.53 Å².